The van der Waals surface area contributed by atoms with E-state index in [1.807, 2.05) is 23.1 Å². The number of aliphatic hydroxyl groups excluding tert-OH is 1. The van der Waals surface area contributed by atoms with E-state index in [4.69, 9.17) is 9.84 Å². The largest absolute Gasteiger partial charge is 0.390 e. The Morgan fingerprint density at radius 1 is 1.30 bits per heavy atom. The minimum Gasteiger partial charge on any atom is -0.390 e. The molecule has 194 valence electrons. The third-order valence-electron chi connectivity index (χ3n) is 6.98. The fourth-order valence-corrected chi connectivity index (χ4v) is 4.70. The molecule has 1 fully saturated rings. The summed E-state index contributed by atoms with van der Waals surface area (Å²) in [5.74, 6) is -4.65. The number of aliphatic hydroxyl groups is 1. The van der Waals surface area contributed by atoms with E-state index in [2.05, 4.69) is 21.6 Å². The summed E-state index contributed by atoms with van der Waals surface area (Å²) < 4.78 is 48.2. The molecule has 0 spiro atoms. The number of halogens is 3. The van der Waals surface area contributed by atoms with Gasteiger partial charge in [-0.2, -0.15) is 19.0 Å². The third kappa shape index (κ3) is 4.91. The van der Waals surface area contributed by atoms with Crippen LogP contribution in [0.15, 0.2) is 48.7 Å². The normalized spacial score (nSPS) is 17.3. The molecule has 7 nitrogen and oxygen atoms in total. The molecule has 1 aromatic heterocycles. The molecule has 1 amide bonds. The lowest BCUT2D eigenvalue weighted by atomic mass is 9.96. The molecule has 3 aromatic rings. The Morgan fingerprint density at radius 2 is 2.11 bits per heavy atom. The van der Waals surface area contributed by atoms with Crippen molar-refractivity contribution in [3.63, 3.8) is 0 Å². The summed E-state index contributed by atoms with van der Waals surface area (Å²) in [4.78, 5) is 14.3. The maximum Gasteiger partial charge on any atom is 0.298 e. The molecule has 2 aliphatic heterocycles. The first-order valence-electron chi connectivity index (χ1n) is 12.1. The predicted octanol–water partition coefficient (Wildman–Crippen LogP) is 4.29. The van der Waals surface area contributed by atoms with E-state index in [9.17, 15) is 18.0 Å². The first kappa shape index (κ1) is 25.2. The summed E-state index contributed by atoms with van der Waals surface area (Å²) in [6.45, 7) is 2.33. The average molecular weight is 513 g/mol. The summed E-state index contributed by atoms with van der Waals surface area (Å²) in [6, 6.07) is 8.85. The van der Waals surface area contributed by atoms with Gasteiger partial charge >= 0.3 is 0 Å². The Hall–Kier alpha value is -3.50. The Morgan fingerprint density at radius 3 is 2.78 bits per heavy atom. The highest BCUT2D eigenvalue weighted by Crippen LogP contribution is 2.35. The minimum atomic E-state index is -3.68. The predicted molar refractivity (Wildman–Crippen MR) is 132 cm³/mol. The van der Waals surface area contributed by atoms with Crippen LogP contribution in [0, 0.1) is 11.7 Å². The molecule has 0 aliphatic carbocycles. The highest BCUT2D eigenvalue weighted by atomic mass is 19.3. The fraction of sp³-hybridized carbons (Fsp3) is 0.370. The van der Waals surface area contributed by atoms with Gasteiger partial charge in [0, 0.05) is 24.0 Å². The number of carbonyl (C=O) groups is 1. The maximum absolute atomic E-state index is 15.0. The number of nitrogens with zero attached hydrogens (tertiary/aromatic N) is 3. The molecule has 10 heteroatoms. The number of benzene rings is 2. The molecular formula is C27H27F3N4O3. The molecule has 0 saturated carbocycles. The van der Waals surface area contributed by atoms with Gasteiger partial charge in [-0.3, -0.25) is 4.79 Å². The number of aromatic nitrogens is 2. The van der Waals surface area contributed by atoms with Crippen molar-refractivity contribution in [3.05, 3.63) is 71.2 Å². The number of nitrogens with one attached hydrogen (secondary N) is 1. The monoisotopic (exact) mass is 512 g/mol. The van der Waals surface area contributed by atoms with Crippen molar-refractivity contribution < 1.29 is 27.8 Å². The Bertz CT molecular complexity index is 1360. The second-order valence-corrected chi connectivity index (χ2v) is 9.43. The first-order valence-corrected chi connectivity index (χ1v) is 12.1. The molecule has 1 saturated heterocycles. The van der Waals surface area contributed by atoms with Crippen LogP contribution < -0.4 is 5.32 Å². The summed E-state index contributed by atoms with van der Waals surface area (Å²) in [7, 11) is 0. The molecule has 1 atom stereocenters. The molecule has 2 N–H and O–H groups in total. The smallest absolute Gasteiger partial charge is 0.298 e. The van der Waals surface area contributed by atoms with E-state index in [0.29, 0.717) is 43.9 Å². The van der Waals surface area contributed by atoms with E-state index in [1.54, 1.807) is 6.92 Å². The Kier molecular flexibility index (Phi) is 6.87. The zero-order chi connectivity index (χ0) is 26.2. The molecular weight excluding hydrogens is 485 g/mol. The van der Waals surface area contributed by atoms with Crippen molar-refractivity contribution >= 4 is 28.1 Å². The van der Waals surface area contributed by atoms with Gasteiger partial charge in [0.05, 0.1) is 48.1 Å². The number of hydrogen-bond donors (Lipinski definition) is 2. The summed E-state index contributed by atoms with van der Waals surface area (Å²) in [5.41, 5.74) is 2.49. The Labute approximate surface area is 211 Å². The maximum atomic E-state index is 15.0. The number of anilines is 1. The molecule has 37 heavy (non-hydrogen) atoms. The zero-order valence-corrected chi connectivity index (χ0v) is 20.3. The first-order chi connectivity index (χ1) is 17.8. The van der Waals surface area contributed by atoms with E-state index in [0.717, 1.165) is 22.6 Å². The number of fused-ring (bicyclic) bond motifs is 1. The summed E-state index contributed by atoms with van der Waals surface area (Å²) >= 11 is 0. The van der Waals surface area contributed by atoms with Gasteiger partial charge in [0.25, 0.3) is 5.92 Å². The van der Waals surface area contributed by atoms with Gasteiger partial charge in [-0.15, -0.1) is 0 Å². The van der Waals surface area contributed by atoms with Crippen LogP contribution >= 0.6 is 0 Å². The summed E-state index contributed by atoms with van der Waals surface area (Å²) in [6.07, 6.45) is 4.28. The highest BCUT2D eigenvalue weighted by Gasteiger charge is 2.35. The molecule has 3 heterocycles. The van der Waals surface area contributed by atoms with Gasteiger partial charge in [-0.05, 0) is 42.7 Å². The van der Waals surface area contributed by atoms with Crippen LogP contribution in [0.3, 0.4) is 0 Å². The number of rotatable bonds is 7. The van der Waals surface area contributed by atoms with E-state index < -0.39 is 30.0 Å². The van der Waals surface area contributed by atoms with E-state index in [1.165, 1.54) is 18.3 Å². The molecule has 2 aromatic carbocycles. The SMILES string of the molecule is C[C@@H](Nc1cnnc2ccc(C3=CCN(C(=O)C4COC4)CC3)cc12)c1cccc(C(F)(F)CO)c1F. The summed E-state index contributed by atoms with van der Waals surface area (Å²) in [5, 5.41) is 21.1. The minimum absolute atomic E-state index is 0.0368. The van der Waals surface area contributed by atoms with E-state index in [-0.39, 0.29) is 17.4 Å². The number of amides is 1. The number of alkyl halides is 2. The molecule has 0 bridgehead atoms. The van der Waals surface area contributed by atoms with Gasteiger partial charge in [0.15, 0.2) is 0 Å². The van der Waals surface area contributed by atoms with Gasteiger partial charge in [-0.25, -0.2) is 4.39 Å². The standard InChI is InChI=1S/C27H27F3N4O3/c1-16(20-3-2-4-22(25(20)28)27(29,30)15-35)32-24-12-31-33-23-6-5-18(11-21(23)24)17-7-9-34(10-8-17)26(36)19-13-37-14-19/h2-7,11-12,16,19,35H,8-10,13-15H2,1H3,(H,32,33)/t16-/m1/s1. The van der Waals surface area contributed by atoms with Crippen LogP contribution in [0.2, 0.25) is 0 Å². The van der Waals surface area contributed by atoms with Crippen LogP contribution in [-0.2, 0) is 15.5 Å². The van der Waals surface area contributed by atoms with Gasteiger partial charge in [-0.1, -0.05) is 24.3 Å². The van der Waals surface area contributed by atoms with Crippen LogP contribution in [0.4, 0.5) is 18.9 Å². The lowest BCUT2D eigenvalue weighted by Gasteiger charge is -2.33. The Balaban J connectivity index is 1.39. The second-order valence-electron chi connectivity index (χ2n) is 9.43. The van der Waals surface area contributed by atoms with E-state index >= 15 is 0 Å². The molecule has 5 rings (SSSR count). The number of carbonyl (C=O) groups excluding carboxylic acids is 1. The van der Waals surface area contributed by atoms with Crippen molar-refractivity contribution in [2.75, 3.05) is 38.2 Å². The average Bonchev–Trinajstić information content (AvgIpc) is 2.87. The van der Waals surface area contributed by atoms with Gasteiger partial charge in [0.2, 0.25) is 5.91 Å². The van der Waals surface area contributed by atoms with Gasteiger partial charge in [0.1, 0.15) is 12.4 Å². The quantitative estimate of drug-likeness (QED) is 0.491. The van der Waals surface area contributed by atoms with Crippen molar-refractivity contribution in [3.8, 4) is 0 Å². The van der Waals surface area contributed by atoms with Crippen LogP contribution in [0.25, 0.3) is 16.5 Å². The zero-order valence-electron chi connectivity index (χ0n) is 20.3. The lowest BCUT2D eigenvalue weighted by molar-refractivity contribution is -0.149. The second kappa shape index (κ2) is 10.1. The number of hydrogen-bond acceptors (Lipinski definition) is 6. The van der Waals surface area contributed by atoms with Crippen molar-refractivity contribution in [1.29, 1.82) is 0 Å². The van der Waals surface area contributed by atoms with Crippen molar-refractivity contribution in [2.24, 2.45) is 5.92 Å². The molecule has 2 aliphatic rings. The van der Waals surface area contributed by atoms with Crippen LogP contribution in [0.1, 0.15) is 36.1 Å². The molecule has 0 unspecified atom stereocenters. The highest BCUT2D eigenvalue weighted by molar-refractivity contribution is 5.93. The van der Waals surface area contributed by atoms with Crippen molar-refractivity contribution in [2.45, 2.75) is 25.3 Å². The topological polar surface area (TPSA) is 87.6 Å². The third-order valence-corrected chi connectivity index (χ3v) is 6.98. The van der Waals surface area contributed by atoms with Gasteiger partial charge < -0.3 is 20.1 Å². The van der Waals surface area contributed by atoms with Crippen LogP contribution in [-0.4, -0.2) is 59.0 Å². The van der Waals surface area contributed by atoms with Crippen LogP contribution in [0.5, 0.6) is 0 Å². The lowest BCUT2D eigenvalue weighted by Crippen LogP contribution is -2.46. The fourth-order valence-electron chi connectivity index (χ4n) is 4.70. The van der Waals surface area contributed by atoms with Crippen molar-refractivity contribution in [1.82, 2.24) is 15.1 Å². The molecule has 0 radical (unpaired) electrons. The number of ether oxygens (including phenoxy) is 1.